The summed E-state index contributed by atoms with van der Waals surface area (Å²) in [4.78, 5) is 2.75. The Balaban J connectivity index is 1.45. The van der Waals surface area contributed by atoms with Gasteiger partial charge in [-0.05, 0) is 43.1 Å². The lowest BCUT2D eigenvalue weighted by molar-refractivity contribution is 0.291. The van der Waals surface area contributed by atoms with Crippen LogP contribution in [0.1, 0.15) is 39.0 Å². The summed E-state index contributed by atoms with van der Waals surface area (Å²) < 4.78 is 0. The minimum Gasteiger partial charge on any atom is -0.303 e. The lowest BCUT2D eigenvalue weighted by atomic mass is 9.86. The summed E-state index contributed by atoms with van der Waals surface area (Å²) in [5.41, 5.74) is 0. The van der Waals surface area contributed by atoms with Crippen molar-refractivity contribution < 1.29 is 0 Å². The highest BCUT2D eigenvalue weighted by atomic mass is 15.2. The Morgan fingerprint density at radius 2 is 1.69 bits per heavy atom. The topological polar surface area (TPSA) is 3.24 Å². The van der Waals surface area contributed by atoms with Gasteiger partial charge >= 0.3 is 0 Å². The molecule has 0 aromatic heterocycles. The van der Waals surface area contributed by atoms with Gasteiger partial charge in [-0.15, -0.1) is 0 Å². The largest absolute Gasteiger partial charge is 0.303 e. The Kier molecular flexibility index (Phi) is 3.06. The van der Waals surface area contributed by atoms with E-state index in [1.54, 1.807) is 0 Å². The molecule has 2 fully saturated rings. The number of hydrogen-bond acceptors (Lipinski definition) is 1. The number of rotatable bonds is 5. The van der Waals surface area contributed by atoms with Crippen molar-refractivity contribution in [2.24, 2.45) is 23.7 Å². The third kappa shape index (κ3) is 1.84. The highest BCUT2D eigenvalue weighted by Crippen LogP contribution is 2.51. The predicted octanol–water partition coefficient (Wildman–Crippen LogP) is 3.32. The molecule has 1 heteroatoms. The molecule has 1 saturated heterocycles. The van der Waals surface area contributed by atoms with E-state index in [4.69, 9.17) is 0 Å². The van der Waals surface area contributed by atoms with Crippen LogP contribution in [0.5, 0.6) is 0 Å². The van der Waals surface area contributed by atoms with Gasteiger partial charge in [-0.2, -0.15) is 0 Å². The highest BCUT2D eigenvalue weighted by Gasteiger charge is 2.48. The minimum atomic E-state index is 0.954. The number of unbranched alkanes of at least 4 members (excludes halogenated alkanes) is 3. The Bertz CT molecular complexity index is 251. The van der Waals surface area contributed by atoms with Crippen LogP contribution < -0.4 is 0 Å². The fraction of sp³-hybridized carbons (Fsp3) is 0.867. The molecule has 0 spiro atoms. The maximum atomic E-state index is 2.75. The van der Waals surface area contributed by atoms with Gasteiger partial charge in [-0.25, -0.2) is 0 Å². The molecular weight excluding hydrogens is 194 g/mol. The first-order valence-electron chi connectivity index (χ1n) is 7.29. The fourth-order valence-electron chi connectivity index (χ4n) is 4.18. The minimum absolute atomic E-state index is 0.954. The molecule has 3 aliphatic rings. The summed E-state index contributed by atoms with van der Waals surface area (Å²) in [7, 11) is 0. The summed E-state index contributed by atoms with van der Waals surface area (Å²) in [6.07, 6.45) is 12.1. The van der Waals surface area contributed by atoms with Crippen molar-refractivity contribution in [2.45, 2.75) is 39.0 Å². The average Bonchev–Trinajstić information content (AvgIpc) is 2.95. The second kappa shape index (κ2) is 4.52. The van der Waals surface area contributed by atoms with E-state index < -0.39 is 0 Å². The lowest BCUT2D eigenvalue weighted by Crippen LogP contribution is -2.24. The van der Waals surface area contributed by atoms with Crippen molar-refractivity contribution in [1.82, 2.24) is 4.90 Å². The SMILES string of the molecule is CCCCCCN1CC2C3C=CC(C3)C2C1. The van der Waals surface area contributed by atoms with Gasteiger partial charge in [-0.1, -0.05) is 38.3 Å². The lowest BCUT2D eigenvalue weighted by Gasteiger charge is -2.17. The highest BCUT2D eigenvalue weighted by molar-refractivity contribution is 5.16. The van der Waals surface area contributed by atoms with Gasteiger partial charge in [0, 0.05) is 13.1 Å². The summed E-state index contributed by atoms with van der Waals surface area (Å²) >= 11 is 0. The van der Waals surface area contributed by atoms with Crippen molar-refractivity contribution in [3.05, 3.63) is 12.2 Å². The van der Waals surface area contributed by atoms with Gasteiger partial charge in [0.25, 0.3) is 0 Å². The Morgan fingerprint density at radius 3 is 2.31 bits per heavy atom. The molecular formula is C15H25N. The van der Waals surface area contributed by atoms with Crippen LogP contribution in [-0.2, 0) is 0 Å². The van der Waals surface area contributed by atoms with E-state index in [9.17, 15) is 0 Å². The van der Waals surface area contributed by atoms with E-state index in [1.807, 2.05) is 0 Å². The van der Waals surface area contributed by atoms with Gasteiger partial charge in [0.15, 0.2) is 0 Å². The van der Waals surface area contributed by atoms with Crippen molar-refractivity contribution >= 4 is 0 Å². The standard InChI is InChI=1S/C15H25N/c1-2-3-4-5-8-16-10-14-12-6-7-13(9-12)15(14)11-16/h6-7,12-15H,2-5,8-11H2,1H3. The molecule has 1 aliphatic heterocycles. The van der Waals surface area contributed by atoms with Crippen molar-refractivity contribution in [1.29, 1.82) is 0 Å². The van der Waals surface area contributed by atoms with Crippen LogP contribution in [0.2, 0.25) is 0 Å². The molecule has 1 nitrogen and oxygen atoms in total. The molecule has 16 heavy (non-hydrogen) atoms. The maximum Gasteiger partial charge on any atom is 0.00188 e. The fourth-order valence-corrected chi connectivity index (χ4v) is 4.18. The molecule has 4 atom stereocenters. The monoisotopic (exact) mass is 219 g/mol. The predicted molar refractivity (Wildman–Crippen MR) is 68.3 cm³/mol. The van der Waals surface area contributed by atoms with Crippen LogP contribution in [0.15, 0.2) is 12.2 Å². The Hall–Kier alpha value is -0.300. The van der Waals surface area contributed by atoms with Crippen LogP contribution in [0, 0.1) is 23.7 Å². The van der Waals surface area contributed by atoms with Gasteiger partial charge in [0.05, 0.1) is 0 Å². The number of likely N-dealkylation sites (tertiary alicyclic amines) is 1. The molecule has 1 heterocycles. The molecule has 2 bridgehead atoms. The number of allylic oxidation sites excluding steroid dienone is 2. The summed E-state index contributed by atoms with van der Waals surface area (Å²) in [5, 5.41) is 0. The van der Waals surface area contributed by atoms with Crippen molar-refractivity contribution in [3.63, 3.8) is 0 Å². The number of hydrogen-bond donors (Lipinski definition) is 0. The van der Waals surface area contributed by atoms with E-state index in [1.165, 1.54) is 51.7 Å². The molecule has 3 rings (SSSR count). The number of nitrogens with zero attached hydrogens (tertiary/aromatic N) is 1. The van der Waals surface area contributed by atoms with E-state index in [0.29, 0.717) is 0 Å². The van der Waals surface area contributed by atoms with Crippen molar-refractivity contribution in [2.75, 3.05) is 19.6 Å². The first-order chi connectivity index (χ1) is 7.88. The molecule has 0 N–H and O–H groups in total. The first-order valence-corrected chi connectivity index (χ1v) is 7.29. The van der Waals surface area contributed by atoms with Crippen LogP contribution >= 0.6 is 0 Å². The van der Waals surface area contributed by atoms with E-state index in [-0.39, 0.29) is 0 Å². The quantitative estimate of drug-likeness (QED) is 0.506. The van der Waals surface area contributed by atoms with Crippen LogP contribution in [-0.4, -0.2) is 24.5 Å². The van der Waals surface area contributed by atoms with Crippen molar-refractivity contribution in [3.8, 4) is 0 Å². The third-order valence-corrected chi connectivity index (χ3v) is 5.07. The molecule has 1 saturated carbocycles. The van der Waals surface area contributed by atoms with Crippen LogP contribution in [0.25, 0.3) is 0 Å². The third-order valence-electron chi connectivity index (χ3n) is 5.07. The summed E-state index contributed by atoms with van der Waals surface area (Å²) in [6, 6.07) is 0. The van der Waals surface area contributed by atoms with Gasteiger partial charge in [0.1, 0.15) is 0 Å². The smallest absolute Gasteiger partial charge is 0.00188 e. The zero-order valence-electron chi connectivity index (χ0n) is 10.6. The first kappa shape index (κ1) is 10.8. The van der Waals surface area contributed by atoms with Gasteiger partial charge in [-0.3, -0.25) is 0 Å². The molecule has 0 amide bonds. The molecule has 4 unspecified atom stereocenters. The van der Waals surface area contributed by atoms with E-state index in [0.717, 1.165) is 23.7 Å². The molecule has 0 aromatic carbocycles. The zero-order valence-corrected chi connectivity index (χ0v) is 10.6. The second-order valence-corrected chi connectivity index (χ2v) is 6.10. The Labute approximate surface area is 99.9 Å². The average molecular weight is 219 g/mol. The molecule has 90 valence electrons. The summed E-state index contributed by atoms with van der Waals surface area (Å²) in [6.45, 7) is 6.47. The summed E-state index contributed by atoms with van der Waals surface area (Å²) in [5.74, 6) is 3.97. The number of fused-ring (bicyclic) bond motifs is 5. The Morgan fingerprint density at radius 1 is 1.00 bits per heavy atom. The van der Waals surface area contributed by atoms with E-state index >= 15 is 0 Å². The second-order valence-electron chi connectivity index (χ2n) is 6.10. The zero-order chi connectivity index (χ0) is 11.0. The van der Waals surface area contributed by atoms with E-state index in [2.05, 4.69) is 24.0 Å². The van der Waals surface area contributed by atoms with Gasteiger partial charge in [0.2, 0.25) is 0 Å². The molecule has 0 radical (unpaired) electrons. The molecule has 2 aliphatic carbocycles. The normalized spacial score (nSPS) is 40.8. The van der Waals surface area contributed by atoms with Gasteiger partial charge < -0.3 is 4.90 Å². The molecule has 0 aromatic rings. The maximum absolute atomic E-state index is 2.75. The van der Waals surface area contributed by atoms with Crippen LogP contribution in [0.3, 0.4) is 0 Å². The van der Waals surface area contributed by atoms with Crippen LogP contribution in [0.4, 0.5) is 0 Å².